The molecule has 8 heteroatoms. The van der Waals surface area contributed by atoms with Crippen LogP contribution in [-0.4, -0.2) is 62.6 Å². The minimum absolute atomic E-state index is 0.0162. The van der Waals surface area contributed by atoms with Crippen LogP contribution in [0.3, 0.4) is 0 Å². The molecule has 0 atom stereocenters. The molecule has 4 rings (SSSR count). The number of piperazine rings is 1. The Morgan fingerprint density at radius 1 is 0.933 bits per heavy atom. The molecule has 0 saturated carbocycles. The first-order chi connectivity index (χ1) is 14.5. The molecule has 0 unspecified atom stereocenters. The minimum Gasteiger partial charge on any atom is -0.481 e. The van der Waals surface area contributed by atoms with Crippen molar-refractivity contribution in [1.29, 1.82) is 0 Å². The molecule has 1 fully saturated rings. The molecule has 8 nitrogen and oxygen atoms in total. The van der Waals surface area contributed by atoms with E-state index >= 15 is 0 Å². The van der Waals surface area contributed by atoms with Gasteiger partial charge in [0.25, 0.3) is 0 Å². The number of aliphatic carboxylic acids is 2. The van der Waals surface area contributed by atoms with Gasteiger partial charge in [0.05, 0.1) is 24.2 Å². The summed E-state index contributed by atoms with van der Waals surface area (Å²) in [6, 6.07) is 11.1. The van der Waals surface area contributed by atoms with E-state index in [4.69, 9.17) is 15.2 Å². The molecule has 0 amide bonds. The van der Waals surface area contributed by atoms with E-state index in [-0.39, 0.29) is 12.8 Å². The van der Waals surface area contributed by atoms with Gasteiger partial charge in [0.15, 0.2) is 0 Å². The third-order valence-electron chi connectivity index (χ3n) is 5.30. The number of fused-ring (bicyclic) bond motifs is 1. The highest BCUT2D eigenvalue weighted by Crippen LogP contribution is 2.27. The summed E-state index contributed by atoms with van der Waals surface area (Å²) in [7, 11) is 0. The topological polar surface area (TPSA) is 107 Å². The molecule has 30 heavy (non-hydrogen) atoms. The summed E-state index contributed by atoms with van der Waals surface area (Å²) in [6.07, 6.45) is 1.80. The summed E-state index contributed by atoms with van der Waals surface area (Å²) in [6.45, 7) is 4.42. The van der Waals surface area contributed by atoms with Crippen LogP contribution in [0.25, 0.3) is 16.9 Å². The van der Waals surface area contributed by atoms with Crippen LogP contribution in [0.2, 0.25) is 0 Å². The number of benzene rings is 1. The fourth-order valence-corrected chi connectivity index (χ4v) is 3.83. The lowest BCUT2D eigenvalue weighted by molar-refractivity contribution is -0.137. The monoisotopic (exact) mass is 408 g/mol. The van der Waals surface area contributed by atoms with Gasteiger partial charge < -0.3 is 19.9 Å². The number of nitrogens with zero attached hydrogens (tertiary/aromatic N) is 3. The van der Waals surface area contributed by atoms with E-state index in [1.165, 1.54) is 0 Å². The maximum absolute atomic E-state index is 11.2. The molecule has 1 aliphatic rings. The molecule has 3 N–H and O–H groups in total. The molecular weight excluding hydrogens is 384 g/mol. The first-order valence-corrected chi connectivity index (χ1v) is 9.95. The van der Waals surface area contributed by atoms with Gasteiger partial charge in [0.1, 0.15) is 5.65 Å². The Labute approximate surface area is 173 Å². The van der Waals surface area contributed by atoms with E-state index in [0.717, 1.165) is 59.9 Å². The molecule has 1 aromatic carbocycles. The zero-order valence-electron chi connectivity index (χ0n) is 16.5. The van der Waals surface area contributed by atoms with Gasteiger partial charge in [-0.3, -0.25) is 14.5 Å². The molecule has 0 spiro atoms. The molecule has 156 valence electrons. The number of imidazole rings is 1. The number of carboxylic acids is 2. The zero-order chi connectivity index (χ0) is 21.1. The molecule has 3 aromatic rings. The van der Waals surface area contributed by atoms with Crippen molar-refractivity contribution in [2.24, 2.45) is 0 Å². The molecule has 1 aliphatic heterocycles. The molecular formula is C22H24N4O4. The predicted molar refractivity (Wildman–Crippen MR) is 111 cm³/mol. The summed E-state index contributed by atoms with van der Waals surface area (Å²) in [5.41, 5.74) is 4.98. The Bertz CT molecular complexity index is 1070. The van der Waals surface area contributed by atoms with Gasteiger partial charge in [0.2, 0.25) is 0 Å². The Kier molecular flexibility index (Phi) is 5.78. The Morgan fingerprint density at radius 3 is 2.23 bits per heavy atom. The molecule has 0 radical (unpaired) electrons. The number of pyridine rings is 1. The second-order valence-electron chi connectivity index (χ2n) is 7.54. The molecule has 0 aliphatic carbocycles. The highest BCUT2D eigenvalue weighted by Gasteiger charge is 2.19. The number of hydrogen-bond acceptors (Lipinski definition) is 5. The van der Waals surface area contributed by atoms with Gasteiger partial charge in [-0.2, -0.15) is 0 Å². The van der Waals surface area contributed by atoms with E-state index in [1.54, 1.807) is 6.07 Å². The van der Waals surface area contributed by atoms with Gasteiger partial charge in [0, 0.05) is 44.5 Å². The number of aromatic nitrogens is 2. The average Bonchev–Trinajstić information content (AvgIpc) is 3.06. The maximum Gasteiger partial charge on any atom is 0.307 e. The normalized spacial score (nSPS) is 14.8. The third-order valence-corrected chi connectivity index (χ3v) is 5.30. The Morgan fingerprint density at radius 2 is 1.57 bits per heavy atom. The zero-order valence-corrected chi connectivity index (χ0v) is 16.5. The summed E-state index contributed by atoms with van der Waals surface area (Å²) >= 11 is 0. The summed E-state index contributed by atoms with van der Waals surface area (Å²) in [4.78, 5) is 29.3. The van der Waals surface area contributed by atoms with Crippen molar-refractivity contribution in [2.75, 3.05) is 26.2 Å². The van der Waals surface area contributed by atoms with E-state index in [9.17, 15) is 9.59 Å². The van der Waals surface area contributed by atoms with Gasteiger partial charge in [-0.25, -0.2) is 4.98 Å². The van der Waals surface area contributed by atoms with Crippen molar-refractivity contribution < 1.29 is 19.8 Å². The van der Waals surface area contributed by atoms with Crippen molar-refractivity contribution in [3.63, 3.8) is 0 Å². The van der Waals surface area contributed by atoms with Crippen LogP contribution in [0, 0.1) is 0 Å². The first kappa shape index (κ1) is 20.1. The molecule has 0 bridgehead atoms. The van der Waals surface area contributed by atoms with Crippen molar-refractivity contribution >= 4 is 17.6 Å². The number of nitrogens with one attached hydrogen (secondary N) is 1. The van der Waals surface area contributed by atoms with E-state index in [0.29, 0.717) is 6.54 Å². The van der Waals surface area contributed by atoms with Crippen LogP contribution in [0.15, 0.2) is 42.6 Å². The highest BCUT2D eigenvalue weighted by atomic mass is 16.4. The first-order valence-electron chi connectivity index (χ1n) is 9.95. The predicted octanol–water partition coefficient (Wildman–Crippen LogP) is 1.66. The van der Waals surface area contributed by atoms with E-state index in [1.807, 2.05) is 40.9 Å². The summed E-state index contributed by atoms with van der Waals surface area (Å²) in [5, 5.41) is 21.5. The van der Waals surface area contributed by atoms with Gasteiger partial charge in [-0.15, -0.1) is 0 Å². The van der Waals surface area contributed by atoms with Gasteiger partial charge in [-0.1, -0.05) is 30.3 Å². The second kappa shape index (κ2) is 8.64. The SMILES string of the molecule is O=C(O)Cc1ccc(-c2nc3ccc(CC(=O)O)cn3c2CN2CCNCC2)cc1. The van der Waals surface area contributed by atoms with Crippen LogP contribution in [0.1, 0.15) is 16.8 Å². The molecule has 2 aromatic heterocycles. The lowest BCUT2D eigenvalue weighted by Crippen LogP contribution is -2.43. The number of carbonyl (C=O) groups is 2. The molecule has 3 heterocycles. The molecule has 1 saturated heterocycles. The number of hydrogen-bond donors (Lipinski definition) is 3. The quantitative estimate of drug-likeness (QED) is 0.546. The average molecular weight is 408 g/mol. The van der Waals surface area contributed by atoms with E-state index in [2.05, 4.69) is 10.2 Å². The fourth-order valence-electron chi connectivity index (χ4n) is 3.83. The van der Waals surface area contributed by atoms with Gasteiger partial charge >= 0.3 is 11.9 Å². The number of carboxylic acid groups (broad SMARTS) is 2. The fraction of sp³-hybridized carbons (Fsp3) is 0.318. The third kappa shape index (κ3) is 4.50. The van der Waals surface area contributed by atoms with Crippen LogP contribution in [-0.2, 0) is 29.0 Å². The standard InChI is InChI=1S/C22H24N4O4/c27-20(28)11-15-1-4-17(5-2-15)22-18(14-25-9-7-23-8-10-25)26-13-16(12-21(29)30)3-6-19(26)24-22/h1-6,13,23H,7-12,14H2,(H,27,28)(H,29,30). The lowest BCUT2D eigenvalue weighted by atomic mass is 10.1. The van der Waals surface area contributed by atoms with E-state index < -0.39 is 11.9 Å². The summed E-state index contributed by atoms with van der Waals surface area (Å²) in [5.74, 6) is -1.73. The lowest BCUT2D eigenvalue weighted by Gasteiger charge is -2.27. The van der Waals surface area contributed by atoms with Crippen LogP contribution >= 0.6 is 0 Å². The Hall–Kier alpha value is -3.23. The Balaban J connectivity index is 1.75. The van der Waals surface area contributed by atoms with Gasteiger partial charge in [-0.05, 0) is 17.2 Å². The van der Waals surface area contributed by atoms with Crippen LogP contribution in [0.5, 0.6) is 0 Å². The smallest absolute Gasteiger partial charge is 0.307 e. The van der Waals surface area contributed by atoms with Crippen molar-refractivity contribution in [3.8, 4) is 11.3 Å². The van der Waals surface area contributed by atoms with Crippen LogP contribution in [0.4, 0.5) is 0 Å². The van der Waals surface area contributed by atoms with Crippen molar-refractivity contribution in [1.82, 2.24) is 19.6 Å². The van der Waals surface area contributed by atoms with Crippen LogP contribution < -0.4 is 5.32 Å². The number of rotatable bonds is 7. The summed E-state index contributed by atoms with van der Waals surface area (Å²) < 4.78 is 1.99. The maximum atomic E-state index is 11.2. The van der Waals surface area contributed by atoms with Crippen molar-refractivity contribution in [2.45, 2.75) is 19.4 Å². The largest absolute Gasteiger partial charge is 0.481 e. The second-order valence-corrected chi connectivity index (χ2v) is 7.54. The minimum atomic E-state index is -0.868. The highest BCUT2D eigenvalue weighted by molar-refractivity contribution is 5.72. The van der Waals surface area contributed by atoms with Crippen molar-refractivity contribution in [3.05, 3.63) is 59.4 Å².